The fraction of sp³-hybridized carbons (Fsp3) is 0.241. The number of carbonyl (C=O) groups excluding carboxylic acids is 1. The molecule has 3 heterocycles. The maximum Gasteiger partial charge on any atom is 0.234 e. The molecule has 5 rings (SSSR count). The third kappa shape index (κ3) is 5.07. The molecule has 38 heavy (non-hydrogen) atoms. The molecular formula is C29H28N4O4S. The standard InChI is InChI=1S/C29H28N4O4S/c1-16-6-5-7-17(2)25(16)31-24(35)15-38-29-23-12-22-20(14-34)13-30-18(3)26(22)37-28(23)32-27(33-29)19-8-10-21(36-4)11-9-19/h5-11,13,34H,12,14-15H2,1-4H3,(H,31,35). The molecule has 8 nitrogen and oxygen atoms in total. The Bertz CT molecular complexity index is 1500. The Hall–Kier alpha value is -3.95. The fourth-order valence-corrected chi connectivity index (χ4v) is 5.23. The number of aromatic nitrogens is 3. The van der Waals surface area contributed by atoms with E-state index in [2.05, 4.69) is 10.3 Å². The number of methoxy groups -OCH3 is 1. The van der Waals surface area contributed by atoms with Crippen molar-refractivity contribution in [1.82, 2.24) is 15.0 Å². The lowest BCUT2D eigenvalue weighted by Gasteiger charge is -2.24. The third-order valence-electron chi connectivity index (χ3n) is 6.49. The van der Waals surface area contributed by atoms with Gasteiger partial charge < -0.3 is 19.9 Å². The van der Waals surface area contributed by atoms with E-state index in [9.17, 15) is 9.90 Å². The van der Waals surface area contributed by atoms with Crippen molar-refractivity contribution in [3.63, 3.8) is 0 Å². The van der Waals surface area contributed by atoms with Gasteiger partial charge in [0, 0.05) is 35.0 Å². The van der Waals surface area contributed by atoms with E-state index in [-0.39, 0.29) is 18.3 Å². The number of aliphatic hydroxyl groups excluding tert-OH is 1. The first kappa shape index (κ1) is 25.7. The number of para-hydroxylation sites is 1. The van der Waals surface area contributed by atoms with Crippen LogP contribution in [0.3, 0.4) is 0 Å². The summed E-state index contributed by atoms with van der Waals surface area (Å²) in [5, 5.41) is 13.6. The number of nitrogens with zero attached hydrogens (tertiary/aromatic N) is 3. The van der Waals surface area contributed by atoms with E-state index in [0.717, 1.165) is 44.9 Å². The van der Waals surface area contributed by atoms with E-state index in [0.29, 0.717) is 34.5 Å². The van der Waals surface area contributed by atoms with Gasteiger partial charge in [0.05, 0.1) is 30.7 Å². The van der Waals surface area contributed by atoms with Gasteiger partial charge in [-0.15, -0.1) is 0 Å². The van der Waals surface area contributed by atoms with E-state index >= 15 is 0 Å². The van der Waals surface area contributed by atoms with Crippen molar-refractivity contribution in [2.24, 2.45) is 0 Å². The number of anilines is 1. The molecule has 0 fully saturated rings. The van der Waals surface area contributed by atoms with Crippen molar-refractivity contribution in [3.05, 3.63) is 82.2 Å². The van der Waals surface area contributed by atoms with Gasteiger partial charge in [-0.25, -0.2) is 4.98 Å². The predicted octanol–water partition coefficient (Wildman–Crippen LogP) is 5.39. The van der Waals surface area contributed by atoms with Gasteiger partial charge >= 0.3 is 0 Å². The van der Waals surface area contributed by atoms with E-state index in [1.165, 1.54) is 11.8 Å². The number of ether oxygens (including phenoxy) is 2. The van der Waals surface area contributed by atoms with Crippen molar-refractivity contribution in [1.29, 1.82) is 0 Å². The van der Waals surface area contributed by atoms with E-state index < -0.39 is 0 Å². The number of thioether (sulfide) groups is 1. The molecule has 0 spiro atoms. The Morgan fingerprint density at radius 2 is 1.82 bits per heavy atom. The Morgan fingerprint density at radius 1 is 1.08 bits per heavy atom. The summed E-state index contributed by atoms with van der Waals surface area (Å²) in [7, 11) is 1.62. The summed E-state index contributed by atoms with van der Waals surface area (Å²) in [6.45, 7) is 5.66. The fourth-order valence-electron chi connectivity index (χ4n) is 4.40. The number of benzene rings is 2. The first-order chi connectivity index (χ1) is 18.4. The van der Waals surface area contributed by atoms with Crippen LogP contribution in [0.2, 0.25) is 0 Å². The van der Waals surface area contributed by atoms with Crippen LogP contribution >= 0.6 is 11.8 Å². The van der Waals surface area contributed by atoms with Crippen molar-refractivity contribution in [2.45, 2.75) is 38.8 Å². The molecule has 2 aromatic carbocycles. The highest BCUT2D eigenvalue weighted by Crippen LogP contribution is 2.42. The Kier molecular flexibility index (Phi) is 7.31. The van der Waals surface area contributed by atoms with E-state index in [1.807, 2.05) is 63.2 Å². The number of aryl methyl sites for hydroxylation is 3. The van der Waals surface area contributed by atoms with Crippen LogP contribution in [0.5, 0.6) is 17.4 Å². The maximum absolute atomic E-state index is 13.0. The number of aliphatic hydroxyl groups is 1. The van der Waals surface area contributed by atoms with Gasteiger partial charge in [0.15, 0.2) is 11.6 Å². The van der Waals surface area contributed by atoms with Gasteiger partial charge in [-0.05, 0) is 56.2 Å². The monoisotopic (exact) mass is 528 g/mol. The van der Waals surface area contributed by atoms with Crippen molar-refractivity contribution in [3.8, 4) is 28.8 Å². The number of fused-ring (bicyclic) bond motifs is 2. The number of rotatable bonds is 7. The second kappa shape index (κ2) is 10.8. The zero-order valence-corrected chi connectivity index (χ0v) is 22.5. The summed E-state index contributed by atoms with van der Waals surface area (Å²) < 4.78 is 11.6. The number of carbonyl (C=O) groups is 1. The molecule has 1 aliphatic heterocycles. The molecule has 4 aromatic rings. The van der Waals surface area contributed by atoms with Crippen molar-refractivity contribution >= 4 is 23.4 Å². The zero-order valence-electron chi connectivity index (χ0n) is 21.7. The number of nitrogens with one attached hydrogen (secondary N) is 1. The molecule has 9 heteroatoms. The van der Waals surface area contributed by atoms with Gasteiger partial charge in [-0.1, -0.05) is 30.0 Å². The van der Waals surface area contributed by atoms with Gasteiger partial charge in [0.1, 0.15) is 10.8 Å². The summed E-state index contributed by atoms with van der Waals surface area (Å²) in [6, 6.07) is 13.4. The average Bonchev–Trinajstić information content (AvgIpc) is 2.93. The van der Waals surface area contributed by atoms with Crippen molar-refractivity contribution < 1.29 is 19.4 Å². The van der Waals surface area contributed by atoms with Crippen LogP contribution < -0.4 is 14.8 Å². The lowest BCUT2D eigenvalue weighted by Crippen LogP contribution is -2.17. The molecule has 2 N–H and O–H groups in total. The summed E-state index contributed by atoms with van der Waals surface area (Å²) in [5.41, 5.74) is 6.69. The first-order valence-corrected chi connectivity index (χ1v) is 13.2. The molecule has 1 aliphatic rings. The SMILES string of the molecule is COc1ccc(-c2nc3c(c(SCC(=O)Nc4c(C)cccc4C)n2)Cc2c(CO)cnc(C)c2O3)cc1. The average molecular weight is 529 g/mol. The first-order valence-electron chi connectivity index (χ1n) is 12.2. The van der Waals surface area contributed by atoms with E-state index in [1.54, 1.807) is 13.3 Å². The molecule has 1 amide bonds. The van der Waals surface area contributed by atoms with Gasteiger partial charge in [0.25, 0.3) is 0 Å². The Morgan fingerprint density at radius 3 is 2.50 bits per heavy atom. The molecule has 0 saturated carbocycles. The molecule has 0 aliphatic carbocycles. The quantitative estimate of drug-likeness (QED) is 0.214. The highest BCUT2D eigenvalue weighted by atomic mass is 32.2. The maximum atomic E-state index is 13.0. The smallest absolute Gasteiger partial charge is 0.234 e. The summed E-state index contributed by atoms with van der Waals surface area (Å²) in [6.07, 6.45) is 2.13. The van der Waals surface area contributed by atoms with Crippen LogP contribution in [0.15, 0.2) is 53.7 Å². The van der Waals surface area contributed by atoms with Gasteiger partial charge in [0.2, 0.25) is 11.8 Å². The minimum absolute atomic E-state index is 0.126. The molecule has 0 unspecified atom stereocenters. The number of hydrogen-bond donors (Lipinski definition) is 2. The third-order valence-corrected chi connectivity index (χ3v) is 7.51. The highest BCUT2D eigenvalue weighted by Gasteiger charge is 2.28. The van der Waals surface area contributed by atoms with Crippen LogP contribution in [-0.2, 0) is 17.8 Å². The minimum Gasteiger partial charge on any atom is -0.497 e. The normalized spacial score (nSPS) is 11.8. The predicted molar refractivity (Wildman–Crippen MR) is 147 cm³/mol. The van der Waals surface area contributed by atoms with Gasteiger partial charge in [-0.3, -0.25) is 9.78 Å². The van der Waals surface area contributed by atoms with Crippen LogP contribution in [-0.4, -0.2) is 38.8 Å². The number of amides is 1. The lowest BCUT2D eigenvalue weighted by atomic mass is 9.99. The van der Waals surface area contributed by atoms with E-state index in [4.69, 9.17) is 19.4 Å². The Balaban J connectivity index is 1.50. The topological polar surface area (TPSA) is 106 Å². The molecule has 0 bridgehead atoms. The zero-order chi connectivity index (χ0) is 26.8. The molecule has 194 valence electrons. The summed E-state index contributed by atoms with van der Waals surface area (Å²) >= 11 is 1.34. The molecule has 0 radical (unpaired) electrons. The largest absolute Gasteiger partial charge is 0.497 e. The van der Waals surface area contributed by atoms with Crippen LogP contribution in [0.25, 0.3) is 11.4 Å². The molecule has 0 atom stereocenters. The molecular weight excluding hydrogens is 500 g/mol. The van der Waals surface area contributed by atoms with Gasteiger partial charge in [-0.2, -0.15) is 4.98 Å². The van der Waals surface area contributed by atoms with Crippen LogP contribution in [0.1, 0.15) is 33.5 Å². The molecule has 2 aromatic heterocycles. The second-order valence-electron chi connectivity index (χ2n) is 9.08. The Labute approximate surface area is 225 Å². The van der Waals surface area contributed by atoms with Crippen LogP contribution in [0, 0.1) is 20.8 Å². The molecule has 0 saturated heterocycles. The summed E-state index contributed by atoms with van der Waals surface area (Å²) in [4.78, 5) is 26.9. The highest BCUT2D eigenvalue weighted by molar-refractivity contribution is 8.00. The van der Waals surface area contributed by atoms with Crippen LogP contribution in [0.4, 0.5) is 5.69 Å². The summed E-state index contributed by atoms with van der Waals surface area (Å²) in [5.74, 6) is 2.28. The van der Waals surface area contributed by atoms with Crippen molar-refractivity contribution in [2.75, 3.05) is 18.2 Å². The minimum atomic E-state index is -0.153. The lowest BCUT2D eigenvalue weighted by molar-refractivity contribution is -0.113. The number of pyridine rings is 1. The number of hydrogen-bond acceptors (Lipinski definition) is 8. The second-order valence-corrected chi connectivity index (χ2v) is 10.0.